The van der Waals surface area contributed by atoms with Gasteiger partial charge in [-0.1, -0.05) is 233 Å². The van der Waals surface area contributed by atoms with Gasteiger partial charge in [-0.3, -0.25) is 37.3 Å². The maximum absolute atomic E-state index is 13.0. The lowest BCUT2D eigenvalue weighted by atomic mass is 10.00. The minimum absolute atomic E-state index is 0.0832. The SMILES string of the molecule is CCCCCC/C=C\C=C/CCCCCCCC(=O)O[C@H](COC(=O)CCCCCCCCC(C)CC)COP(=O)(O)OC[C@H](O)COP(=O)(O)OC[C@@H](COC(=O)CCCCCCCCC(C)C)OC(=O)CCCCCCCCC(C)C. The molecule has 3 N–H and O–H groups in total. The summed E-state index contributed by atoms with van der Waals surface area (Å²) < 4.78 is 67.9. The van der Waals surface area contributed by atoms with Gasteiger partial charge < -0.3 is 33.8 Å². The average molecular weight is 1220 g/mol. The first kappa shape index (κ1) is 80.5. The summed E-state index contributed by atoms with van der Waals surface area (Å²) >= 11 is 0. The minimum atomic E-state index is -4.95. The Kier molecular flexibility index (Phi) is 53.3. The summed E-state index contributed by atoms with van der Waals surface area (Å²) in [6, 6.07) is 0. The second kappa shape index (κ2) is 54.9. The van der Waals surface area contributed by atoms with Gasteiger partial charge in [0.05, 0.1) is 26.4 Å². The Hall–Kier alpha value is -2.46. The molecule has 0 heterocycles. The van der Waals surface area contributed by atoms with Gasteiger partial charge in [0.25, 0.3) is 0 Å². The van der Waals surface area contributed by atoms with Crippen LogP contribution in [0.3, 0.4) is 0 Å². The number of phosphoric acid groups is 2. The Balaban J connectivity index is 5.27. The molecule has 0 aromatic heterocycles. The maximum Gasteiger partial charge on any atom is 0.472 e. The lowest BCUT2D eigenvalue weighted by Gasteiger charge is -2.21. The van der Waals surface area contributed by atoms with E-state index in [0.717, 1.165) is 121 Å². The molecule has 83 heavy (non-hydrogen) atoms. The molecule has 0 spiro atoms. The van der Waals surface area contributed by atoms with Crippen molar-refractivity contribution in [3.63, 3.8) is 0 Å². The van der Waals surface area contributed by atoms with Crippen LogP contribution in [-0.2, 0) is 65.4 Å². The lowest BCUT2D eigenvalue weighted by Crippen LogP contribution is -2.30. The lowest BCUT2D eigenvalue weighted by molar-refractivity contribution is -0.161. The van der Waals surface area contributed by atoms with Crippen LogP contribution in [0.15, 0.2) is 24.3 Å². The van der Waals surface area contributed by atoms with E-state index in [1.807, 2.05) is 0 Å². The fourth-order valence-electron chi connectivity index (χ4n) is 8.91. The largest absolute Gasteiger partial charge is 0.472 e. The molecule has 0 saturated heterocycles. The molecule has 17 nitrogen and oxygen atoms in total. The Morgan fingerprint density at radius 1 is 0.398 bits per heavy atom. The fraction of sp³-hybridized carbons (Fsp3) is 0.875. The molecule has 3 unspecified atom stereocenters. The first-order valence-electron chi connectivity index (χ1n) is 32.7. The number of rotatable bonds is 60. The van der Waals surface area contributed by atoms with Crippen molar-refractivity contribution in [2.45, 2.75) is 304 Å². The van der Waals surface area contributed by atoms with Crippen molar-refractivity contribution < 1.29 is 80.2 Å². The summed E-state index contributed by atoms with van der Waals surface area (Å²) in [5.74, 6) is -0.101. The van der Waals surface area contributed by atoms with E-state index in [2.05, 4.69) is 72.8 Å². The molecule has 0 aliphatic rings. The van der Waals surface area contributed by atoms with Gasteiger partial charge >= 0.3 is 39.5 Å². The number of phosphoric ester groups is 2. The third-order valence-electron chi connectivity index (χ3n) is 14.4. The van der Waals surface area contributed by atoms with Gasteiger partial charge in [-0.05, 0) is 69.1 Å². The highest BCUT2D eigenvalue weighted by atomic mass is 31.2. The van der Waals surface area contributed by atoms with E-state index >= 15 is 0 Å². The van der Waals surface area contributed by atoms with Crippen LogP contribution >= 0.6 is 15.6 Å². The zero-order valence-electron chi connectivity index (χ0n) is 53.1. The molecule has 488 valence electrons. The summed E-state index contributed by atoms with van der Waals surface area (Å²) in [5, 5.41) is 10.5. The zero-order chi connectivity index (χ0) is 61.7. The van der Waals surface area contributed by atoms with Crippen molar-refractivity contribution >= 4 is 39.5 Å². The van der Waals surface area contributed by atoms with Gasteiger partial charge in [0, 0.05) is 25.7 Å². The van der Waals surface area contributed by atoms with Crippen molar-refractivity contribution in [2.75, 3.05) is 39.6 Å². The molecule has 19 heteroatoms. The molecule has 0 saturated carbocycles. The van der Waals surface area contributed by atoms with Gasteiger partial charge in [-0.25, -0.2) is 9.13 Å². The van der Waals surface area contributed by atoms with E-state index in [0.29, 0.717) is 37.5 Å². The number of hydrogen-bond acceptors (Lipinski definition) is 15. The molecule has 0 fully saturated rings. The number of hydrogen-bond donors (Lipinski definition) is 3. The van der Waals surface area contributed by atoms with E-state index in [1.165, 1.54) is 70.6 Å². The molecular formula is C64H120O17P2. The van der Waals surface area contributed by atoms with Crippen LogP contribution in [0, 0.1) is 17.8 Å². The Labute approximate surface area is 503 Å². The third kappa shape index (κ3) is 57.1. The van der Waals surface area contributed by atoms with Crippen molar-refractivity contribution in [1.82, 2.24) is 0 Å². The van der Waals surface area contributed by atoms with E-state index < -0.39 is 97.5 Å². The second-order valence-electron chi connectivity index (χ2n) is 23.7. The first-order chi connectivity index (χ1) is 39.8. The van der Waals surface area contributed by atoms with Gasteiger partial charge in [0.15, 0.2) is 12.2 Å². The minimum Gasteiger partial charge on any atom is -0.462 e. The van der Waals surface area contributed by atoms with E-state index in [1.54, 1.807) is 0 Å². The van der Waals surface area contributed by atoms with Crippen molar-refractivity contribution in [3.8, 4) is 0 Å². The van der Waals surface area contributed by atoms with Crippen molar-refractivity contribution in [1.29, 1.82) is 0 Å². The highest BCUT2D eigenvalue weighted by Crippen LogP contribution is 2.45. The number of aliphatic hydroxyl groups excluding tert-OH is 1. The van der Waals surface area contributed by atoms with Crippen LogP contribution in [0.1, 0.15) is 286 Å². The highest BCUT2D eigenvalue weighted by molar-refractivity contribution is 7.47. The molecule has 0 radical (unpaired) electrons. The average Bonchev–Trinajstić information content (AvgIpc) is 3.44. The molecule has 0 bridgehead atoms. The molecule has 0 amide bonds. The number of esters is 4. The molecule has 0 aliphatic carbocycles. The molecule has 0 aromatic rings. The predicted octanol–water partition coefficient (Wildman–Crippen LogP) is 17.1. The molecule has 6 atom stereocenters. The van der Waals surface area contributed by atoms with E-state index in [-0.39, 0.29) is 25.7 Å². The Morgan fingerprint density at radius 3 is 1.07 bits per heavy atom. The highest BCUT2D eigenvalue weighted by Gasteiger charge is 2.30. The maximum atomic E-state index is 13.0. The summed E-state index contributed by atoms with van der Waals surface area (Å²) in [6.07, 6.45) is 38.8. The summed E-state index contributed by atoms with van der Waals surface area (Å²) in [5.41, 5.74) is 0. The summed E-state index contributed by atoms with van der Waals surface area (Å²) in [6.45, 7) is 11.5. The Morgan fingerprint density at radius 2 is 0.711 bits per heavy atom. The number of carbonyl (C=O) groups is 4. The van der Waals surface area contributed by atoms with Crippen molar-refractivity contribution in [2.24, 2.45) is 17.8 Å². The van der Waals surface area contributed by atoms with E-state index in [9.17, 15) is 43.2 Å². The second-order valence-corrected chi connectivity index (χ2v) is 26.6. The number of allylic oxidation sites excluding steroid dienone is 4. The summed E-state index contributed by atoms with van der Waals surface area (Å²) in [7, 11) is -9.90. The van der Waals surface area contributed by atoms with Gasteiger partial charge in [0.1, 0.15) is 19.3 Å². The normalized spacial score (nSPS) is 14.9. The van der Waals surface area contributed by atoms with Crippen LogP contribution in [0.4, 0.5) is 0 Å². The number of carbonyl (C=O) groups excluding carboxylic acids is 4. The third-order valence-corrected chi connectivity index (χ3v) is 16.3. The quantitative estimate of drug-likeness (QED) is 0.0169. The van der Waals surface area contributed by atoms with Gasteiger partial charge in [0.2, 0.25) is 0 Å². The van der Waals surface area contributed by atoms with E-state index in [4.69, 9.17) is 37.0 Å². The monoisotopic (exact) mass is 1220 g/mol. The smallest absolute Gasteiger partial charge is 0.462 e. The number of aliphatic hydroxyl groups is 1. The van der Waals surface area contributed by atoms with Crippen LogP contribution in [-0.4, -0.2) is 96.7 Å². The molecule has 0 rings (SSSR count). The van der Waals surface area contributed by atoms with Crippen LogP contribution in [0.5, 0.6) is 0 Å². The fourth-order valence-corrected chi connectivity index (χ4v) is 10.5. The topological polar surface area (TPSA) is 237 Å². The van der Waals surface area contributed by atoms with Crippen LogP contribution < -0.4 is 0 Å². The molecule has 0 aromatic carbocycles. The van der Waals surface area contributed by atoms with Gasteiger partial charge in [-0.2, -0.15) is 0 Å². The van der Waals surface area contributed by atoms with Crippen molar-refractivity contribution in [3.05, 3.63) is 24.3 Å². The Bertz CT molecular complexity index is 1740. The van der Waals surface area contributed by atoms with Crippen LogP contribution in [0.2, 0.25) is 0 Å². The number of unbranched alkanes of at least 4 members (excludes halogenated alkanes) is 24. The molecule has 0 aliphatic heterocycles. The molecular weight excluding hydrogens is 1100 g/mol. The number of ether oxygens (including phenoxy) is 4. The summed E-state index contributed by atoms with van der Waals surface area (Å²) in [4.78, 5) is 72.1. The standard InChI is InChI=1S/C64H120O17P2/c1-8-10-11-12-13-14-15-16-17-18-19-20-21-33-40-47-63(68)80-59(51-75-62(67)46-39-32-27-24-30-37-44-57(7)9-2)53-78-82(70,71)76-49-58(65)50-77-83(72,73)79-54-60(81-64(69)48-41-34-26-23-29-36-43-56(5)6)52-74-61(66)45-38-31-25-22-28-35-42-55(3)4/h14-17,55-60,65H,8-13,18-54H2,1-7H3,(H,70,71)(H,72,73)/b15-14-,17-16-/t57?,58-,59+,60+/m0/s1. The van der Waals surface area contributed by atoms with Gasteiger partial charge in [-0.15, -0.1) is 0 Å². The predicted molar refractivity (Wildman–Crippen MR) is 330 cm³/mol. The van der Waals surface area contributed by atoms with Crippen LogP contribution in [0.25, 0.3) is 0 Å². The zero-order valence-corrected chi connectivity index (χ0v) is 54.9. The first-order valence-corrected chi connectivity index (χ1v) is 35.7.